The fraction of sp³-hybridized carbons (Fsp3) is 0.500. The number of carbonyl (C=O) groups excluding carboxylic acids is 2. The summed E-state index contributed by atoms with van der Waals surface area (Å²) in [6, 6.07) is 4.56. The van der Waals surface area contributed by atoms with E-state index in [-0.39, 0.29) is 18.3 Å². The molecule has 0 fully saturated rings. The van der Waals surface area contributed by atoms with Gasteiger partial charge in [-0.1, -0.05) is 13.0 Å². The normalized spacial score (nSPS) is 17.3. The summed E-state index contributed by atoms with van der Waals surface area (Å²) in [5.74, 6) is -1.25. The Balaban J connectivity index is 0.000000505. The van der Waals surface area contributed by atoms with Gasteiger partial charge < -0.3 is 14.7 Å². The van der Waals surface area contributed by atoms with E-state index in [0.717, 1.165) is 10.5 Å². The standard InChI is InChI=1S/C13H14F3NO2.C3H6O2/c1-8-4-9-2-3-11(18)5-10(9)6-17(12(8)19)7-13(14,15)16;1-3(4)5-2/h2-3,5,8,18H,4,6-7H2,1H3;1-2H3. The summed E-state index contributed by atoms with van der Waals surface area (Å²) in [4.78, 5) is 22.3. The van der Waals surface area contributed by atoms with Gasteiger partial charge in [0.1, 0.15) is 12.3 Å². The van der Waals surface area contributed by atoms with Crippen LogP contribution in [0.15, 0.2) is 18.2 Å². The zero-order valence-corrected chi connectivity index (χ0v) is 13.7. The second-order valence-corrected chi connectivity index (χ2v) is 5.56. The summed E-state index contributed by atoms with van der Waals surface area (Å²) in [7, 11) is 1.35. The molecule has 24 heavy (non-hydrogen) atoms. The molecule has 0 bridgehead atoms. The maximum Gasteiger partial charge on any atom is 0.406 e. The molecule has 1 aliphatic heterocycles. The minimum Gasteiger partial charge on any atom is -0.508 e. The third-order valence-corrected chi connectivity index (χ3v) is 3.47. The highest BCUT2D eigenvalue weighted by Crippen LogP contribution is 2.28. The highest BCUT2D eigenvalue weighted by Gasteiger charge is 2.36. The highest BCUT2D eigenvalue weighted by molar-refractivity contribution is 5.79. The number of halogens is 3. The van der Waals surface area contributed by atoms with Crippen LogP contribution in [0.5, 0.6) is 5.75 Å². The van der Waals surface area contributed by atoms with E-state index in [1.165, 1.54) is 26.2 Å². The average molecular weight is 347 g/mol. The number of hydrogen-bond acceptors (Lipinski definition) is 4. The zero-order valence-electron chi connectivity index (χ0n) is 13.7. The molecule has 8 heteroatoms. The van der Waals surface area contributed by atoms with Crippen LogP contribution in [0.3, 0.4) is 0 Å². The van der Waals surface area contributed by atoms with Crippen LogP contribution in [0.1, 0.15) is 25.0 Å². The number of fused-ring (bicyclic) bond motifs is 1. The van der Waals surface area contributed by atoms with Gasteiger partial charge in [0.15, 0.2) is 0 Å². The van der Waals surface area contributed by atoms with Crippen molar-refractivity contribution in [3.8, 4) is 5.75 Å². The molecule has 1 aromatic carbocycles. The van der Waals surface area contributed by atoms with Gasteiger partial charge in [-0.2, -0.15) is 13.2 Å². The van der Waals surface area contributed by atoms with Crippen LogP contribution >= 0.6 is 0 Å². The Morgan fingerprint density at radius 3 is 2.46 bits per heavy atom. The van der Waals surface area contributed by atoms with Crippen molar-refractivity contribution in [1.29, 1.82) is 0 Å². The maximum absolute atomic E-state index is 12.5. The van der Waals surface area contributed by atoms with Crippen molar-refractivity contribution in [3.63, 3.8) is 0 Å². The Bertz CT molecular complexity index is 601. The van der Waals surface area contributed by atoms with E-state index in [9.17, 15) is 27.9 Å². The predicted octanol–water partition coefficient (Wildman–Crippen LogP) is 2.65. The number of nitrogens with zero attached hydrogens (tertiary/aromatic N) is 1. The molecule has 1 unspecified atom stereocenters. The van der Waals surface area contributed by atoms with E-state index in [4.69, 9.17) is 0 Å². The third-order valence-electron chi connectivity index (χ3n) is 3.47. The van der Waals surface area contributed by atoms with E-state index in [0.29, 0.717) is 12.0 Å². The van der Waals surface area contributed by atoms with E-state index < -0.39 is 24.5 Å². The van der Waals surface area contributed by atoms with Crippen molar-refractivity contribution in [1.82, 2.24) is 4.90 Å². The molecule has 134 valence electrons. The molecule has 5 nitrogen and oxygen atoms in total. The number of phenols is 1. The van der Waals surface area contributed by atoms with Gasteiger partial charge in [0.05, 0.1) is 7.11 Å². The van der Waals surface area contributed by atoms with Crippen LogP contribution in [0, 0.1) is 5.92 Å². The minimum absolute atomic E-state index is 0.00675. The Hall–Kier alpha value is -2.25. The first-order valence-corrected chi connectivity index (χ1v) is 7.24. The number of hydrogen-bond donors (Lipinski definition) is 1. The molecule has 1 aliphatic rings. The molecule has 1 aromatic rings. The molecular formula is C16H20F3NO4. The zero-order chi connectivity index (χ0) is 18.5. The fourth-order valence-corrected chi connectivity index (χ4v) is 2.32. The first-order valence-electron chi connectivity index (χ1n) is 7.24. The lowest BCUT2D eigenvalue weighted by Crippen LogP contribution is -2.40. The van der Waals surface area contributed by atoms with Crippen LogP contribution in [0.25, 0.3) is 0 Å². The number of alkyl halides is 3. The molecule has 1 heterocycles. The van der Waals surface area contributed by atoms with Gasteiger partial charge in [-0.25, -0.2) is 0 Å². The quantitative estimate of drug-likeness (QED) is 0.793. The lowest BCUT2D eigenvalue weighted by Gasteiger charge is -2.24. The van der Waals surface area contributed by atoms with Crippen LogP contribution < -0.4 is 0 Å². The molecule has 1 amide bonds. The van der Waals surface area contributed by atoms with Crippen LogP contribution in [0.2, 0.25) is 0 Å². The lowest BCUT2D eigenvalue weighted by molar-refractivity contribution is -0.164. The number of ether oxygens (including phenoxy) is 1. The molecule has 0 aliphatic carbocycles. The molecule has 0 saturated heterocycles. The van der Waals surface area contributed by atoms with E-state index in [1.807, 2.05) is 0 Å². The van der Waals surface area contributed by atoms with Gasteiger partial charge in [-0.3, -0.25) is 9.59 Å². The van der Waals surface area contributed by atoms with Crippen molar-refractivity contribution in [2.75, 3.05) is 13.7 Å². The Labute approximate surface area is 138 Å². The van der Waals surface area contributed by atoms with Crippen LogP contribution in [-0.2, 0) is 27.3 Å². The predicted molar refractivity (Wildman–Crippen MR) is 80.1 cm³/mol. The monoisotopic (exact) mass is 347 g/mol. The molecular weight excluding hydrogens is 327 g/mol. The molecule has 0 radical (unpaired) electrons. The molecule has 0 spiro atoms. The van der Waals surface area contributed by atoms with Gasteiger partial charge in [-0.05, 0) is 29.7 Å². The highest BCUT2D eigenvalue weighted by atomic mass is 19.4. The molecule has 0 aromatic heterocycles. The van der Waals surface area contributed by atoms with Crippen molar-refractivity contribution >= 4 is 11.9 Å². The minimum atomic E-state index is -4.42. The Kier molecular flexibility index (Phi) is 6.62. The molecule has 2 rings (SSSR count). The topological polar surface area (TPSA) is 66.8 Å². The molecule has 1 atom stereocenters. The summed E-state index contributed by atoms with van der Waals surface area (Å²) >= 11 is 0. The summed E-state index contributed by atoms with van der Waals surface area (Å²) < 4.78 is 41.6. The summed E-state index contributed by atoms with van der Waals surface area (Å²) in [5.41, 5.74) is 1.38. The third kappa shape index (κ3) is 6.10. The van der Waals surface area contributed by atoms with Gasteiger partial charge in [0.2, 0.25) is 5.91 Å². The number of aromatic hydroxyl groups is 1. The number of esters is 1. The number of carbonyl (C=O) groups is 2. The number of rotatable bonds is 1. The van der Waals surface area contributed by atoms with Gasteiger partial charge in [0.25, 0.3) is 0 Å². The van der Waals surface area contributed by atoms with Crippen molar-refractivity contribution in [2.24, 2.45) is 5.92 Å². The average Bonchev–Trinajstić information content (AvgIpc) is 2.57. The van der Waals surface area contributed by atoms with Gasteiger partial charge in [-0.15, -0.1) is 0 Å². The maximum atomic E-state index is 12.5. The van der Waals surface area contributed by atoms with Crippen LogP contribution in [-0.4, -0.2) is 41.7 Å². The van der Waals surface area contributed by atoms with E-state index in [2.05, 4.69) is 4.74 Å². The first-order chi connectivity index (χ1) is 11.0. The number of phenolic OH excluding ortho intramolecular Hbond substituents is 1. The lowest BCUT2D eigenvalue weighted by atomic mass is 9.98. The summed E-state index contributed by atoms with van der Waals surface area (Å²) in [5, 5.41) is 9.41. The molecule has 0 saturated carbocycles. The largest absolute Gasteiger partial charge is 0.508 e. The number of amides is 1. The van der Waals surface area contributed by atoms with Gasteiger partial charge >= 0.3 is 12.1 Å². The second kappa shape index (κ2) is 8.03. The SMILES string of the molecule is CC1Cc2ccc(O)cc2CN(CC(F)(F)F)C1=O.COC(C)=O. The van der Waals surface area contributed by atoms with Crippen molar-refractivity contribution < 1.29 is 32.6 Å². The first kappa shape index (κ1) is 19.8. The van der Waals surface area contributed by atoms with Crippen molar-refractivity contribution in [3.05, 3.63) is 29.3 Å². The number of benzene rings is 1. The van der Waals surface area contributed by atoms with E-state index in [1.54, 1.807) is 13.0 Å². The second-order valence-electron chi connectivity index (χ2n) is 5.56. The van der Waals surface area contributed by atoms with Gasteiger partial charge in [0, 0.05) is 19.4 Å². The molecule has 1 N–H and O–H groups in total. The smallest absolute Gasteiger partial charge is 0.406 e. The summed E-state index contributed by atoms with van der Waals surface area (Å²) in [6.45, 7) is 1.60. The number of methoxy groups -OCH3 is 1. The Morgan fingerprint density at radius 2 is 1.96 bits per heavy atom. The Morgan fingerprint density at radius 1 is 1.38 bits per heavy atom. The summed E-state index contributed by atoms with van der Waals surface area (Å²) in [6.07, 6.45) is -4.03. The van der Waals surface area contributed by atoms with Crippen LogP contribution in [0.4, 0.5) is 13.2 Å². The van der Waals surface area contributed by atoms with E-state index >= 15 is 0 Å². The fourth-order valence-electron chi connectivity index (χ4n) is 2.32. The van der Waals surface area contributed by atoms with Crippen molar-refractivity contribution in [2.45, 2.75) is 33.0 Å².